The van der Waals surface area contributed by atoms with Crippen LogP contribution in [0.5, 0.6) is 0 Å². The summed E-state index contributed by atoms with van der Waals surface area (Å²) >= 11 is 0. The molecule has 0 aliphatic carbocycles. The van der Waals surface area contributed by atoms with E-state index in [1.807, 2.05) is 12.4 Å². The molecular formula is C20H26N2. The number of rotatable bonds is 6. The summed E-state index contributed by atoms with van der Waals surface area (Å²) in [6, 6.07) is 16.9. The van der Waals surface area contributed by atoms with Crippen LogP contribution < -0.4 is 10.6 Å². The molecule has 0 radical (unpaired) electrons. The molecule has 0 aromatic heterocycles. The molecule has 0 saturated carbocycles. The Morgan fingerprint density at radius 1 is 0.636 bits per heavy atom. The Bertz CT molecular complexity index is 572. The van der Waals surface area contributed by atoms with Crippen LogP contribution in [-0.4, -0.2) is 0 Å². The van der Waals surface area contributed by atoms with Crippen LogP contribution in [0.2, 0.25) is 0 Å². The molecule has 22 heavy (non-hydrogen) atoms. The van der Waals surface area contributed by atoms with Gasteiger partial charge in [0.05, 0.1) is 0 Å². The van der Waals surface area contributed by atoms with E-state index in [0.717, 1.165) is 11.4 Å². The van der Waals surface area contributed by atoms with E-state index < -0.39 is 0 Å². The first-order valence-electron chi connectivity index (χ1n) is 7.95. The zero-order valence-electron chi connectivity index (χ0n) is 13.9. The number of nitrogens with one attached hydrogen (secondary N) is 2. The van der Waals surface area contributed by atoms with Gasteiger partial charge in [-0.3, -0.25) is 0 Å². The fraction of sp³-hybridized carbons (Fsp3) is 0.300. The van der Waals surface area contributed by atoms with Crippen molar-refractivity contribution in [2.75, 3.05) is 10.6 Å². The second kappa shape index (κ2) is 7.69. The number of para-hydroxylation sites is 2. The first-order chi connectivity index (χ1) is 10.6. The van der Waals surface area contributed by atoms with Gasteiger partial charge in [-0.05, 0) is 35.1 Å². The van der Waals surface area contributed by atoms with E-state index in [-0.39, 0.29) is 0 Å². The molecule has 0 spiro atoms. The number of anilines is 2. The summed E-state index contributed by atoms with van der Waals surface area (Å²) in [6.45, 7) is 8.84. The number of hydrogen-bond donors (Lipinski definition) is 2. The van der Waals surface area contributed by atoms with E-state index >= 15 is 0 Å². The molecule has 0 fully saturated rings. The molecule has 0 unspecified atom stereocenters. The first-order valence-corrected chi connectivity index (χ1v) is 7.95. The fourth-order valence-electron chi connectivity index (χ4n) is 2.53. The van der Waals surface area contributed by atoms with Crippen molar-refractivity contribution in [1.29, 1.82) is 0 Å². The lowest BCUT2D eigenvalue weighted by molar-refractivity contribution is 0.868. The quantitative estimate of drug-likeness (QED) is 0.690. The highest BCUT2D eigenvalue weighted by molar-refractivity contribution is 5.56. The molecule has 2 aromatic carbocycles. The van der Waals surface area contributed by atoms with E-state index in [0.29, 0.717) is 11.8 Å². The van der Waals surface area contributed by atoms with Crippen molar-refractivity contribution < 1.29 is 0 Å². The summed E-state index contributed by atoms with van der Waals surface area (Å²) in [5, 5.41) is 6.74. The summed E-state index contributed by atoms with van der Waals surface area (Å²) in [6.07, 6.45) is 3.91. The first kappa shape index (κ1) is 16.2. The Morgan fingerprint density at radius 3 is 1.36 bits per heavy atom. The van der Waals surface area contributed by atoms with Crippen molar-refractivity contribution in [2.45, 2.75) is 39.5 Å². The molecule has 116 valence electrons. The normalized spacial score (nSPS) is 11.4. The second-order valence-corrected chi connectivity index (χ2v) is 6.11. The van der Waals surface area contributed by atoms with Gasteiger partial charge >= 0.3 is 0 Å². The highest BCUT2D eigenvalue weighted by Crippen LogP contribution is 2.25. The third kappa shape index (κ3) is 4.14. The monoisotopic (exact) mass is 294 g/mol. The third-order valence-electron chi connectivity index (χ3n) is 3.73. The summed E-state index contributed by atoms with van der Waals surface area (Å²) < 4.78 is 0. The van der Waals surface area contributed by atoms with Gasteiger partial charge in [0, 0.05) is 23.8 Å². The minimum Gasteiger partial charge on any atom is -0.360 e. The van der Waals surface area contributed by atoms with Gasteiger partial charge in [0.15, 0.2) is 0 Å². The van der Waals surface area contributed by atoms with Gasteiger partial charge < -0.3 is 10.6 Å². The van der Waals surface area contributed by atoms with Crippen molar-refractivity contribution in [2.24, 2.45) is 0 Å². The number of hydrogen-bond acceptors (Lipinski definition) is 2. The number of benzene rings is 2. The molecule has 0 aliphatic rings. The molecule has 2 N–H and O–H groups in total. The van der Waals surface area contributed by atoms with Crippen LogP contribution in [0.3, 0.4) is 0 Å². The lowest BCUT2D eigenvalue weighted by Gasteiger charge is -2.13. The second-order valence-electron chi connectivity index (χ2n) is 6.11. The van der Waals surface area contributed by atoms with Gasteiger partial charge in [-0.25, -0.2) is 0 Å². The van der Waals surface area contributed by atoms with E-state index in [1.54, 1.807) is 0 Å². The Kier molecular flexibility index (Phi) is 5.65. The maximum Gasteiger partial charge on any atom is 0.0415 e. The molecule has 2 heteroatoms. The van der Waals surface area contributed by atoms with E-state index in [2.05, 4.69) is 86.9 Å². The van der Waals surface area contributed by atoms with Crippen molar-refractivity contribution in [3.8, 4) is 0 Å². The van der Waals surface area contributed by atoms with Crippen LogP contribution in [0.25, 0.3) is 0 Å². The fourth-order valence-corrected chi connectivity index (χ4v) is 2.53. The Hall–Kier alpha value is -2.22. The van der Waals surface area contributed by atoms with Crippen LogP contribution in [-0.2, 0) is 0 Å². The minimum atomic E-state index is 0.506. The molecule has 2 aromatic rings. The molecule has 0 atom stereocenters. The highest BCUT2D eigenvalue weighted by atomic mass is 14.9. The van der Waals surface area contributed by atoms with Crippen molar-refractivity contribution in [3.05, 3.63) is 72.1 Å². The lowest BCUT2D eigenvalue weighted by atomic mass is 10.0. The zero-order chi connectivity index (χ0) is 15.9. The maximum atomic E-state index is 3.37. The zero-order valence-corrected chi connectivity index (χ0v) is 13.9. The molecule has 0 amide bonds. The van der Waals surface area contributed by atoms with Crippen LogP contribution in [0.4, 0.5) is 11.4 Å². The van der Waals surface area contributed by atoms with Gasteiger partial charge in [0.25, 0.3) is 0 Å². The molecular weight excluding hydrogens is 268 g/mol. The largest absolute Gasteiger partial charge is 0.360 e. The Balaban J connectivity index is 2.03. The third-order valence-corrected chi connectivity index (χ3v) is 3.73. The van der Waals surface area contributed by atoms with E-state index in [9.17, 15) is 0 Å². The van der Waals surface area contributed by atoms with E-state index in [4.69, 9.17) is 0 Å². The van der Waals surface area contributed by atoms with Crippen LogP contribution >= 0.6 is 0 Å². The summed E-state index contributed by atoms with van der Waals surface area (Å²) in [5.41, 5.74) is 4.98. The average molecular weight is 294 g/mol. The summed E-state index contributed by atoms with van der Waals surface area (Å²) in [4.78, 5) is 0. The van der Waals surface area contributed by atoms with E-state index in [1.165, 1.54) is 11.1 Å². The molecule has 2 nitrogen and oxygen atoms in total. The predicted molar refractivity (Wildman–Crippen MR) is 97.4 cm³/mol. The highest BCUT2D eigenvalue weighted by Gasteiger charge is 2.04. The standard InChI is InChI=1S/C20H26N2/c1-15(2)17-9-5-7-11-19(17)21-13-14-22-20-12-8-6-10-18(20)16(3)4/h5-16,21-22H,1-4H3/b14-13+. The van der Waals surface area contributed by atoms with Crippen molar-refractivity contribution in [3.63, 3.8) is 0 Å². The molecule has 2 rings (SSSR count). The molecule has 0 saturated heterocycles. The Labute approximate surface area is 134 Å². The van der Waals surface area contributed by atoms with Gasteiger partial charge in [-0.15, -0.1) is 0 Å². The lowest BCUT2D eigenvalue weighted by Crippen LogP contribution is -1.99. The molecule has 0 heterocycles. The Morgan fingerprint density at radius 2 is 1.00 bits per heavy atom. The van der Waals surface area contributed by atoms with Gasteiger partial charge in [0.1, 0.15) is 0 Å². The van der Waals surface area contributed by atoms with Crippen molar-refractivity contribution >= 4 is 11.4 Å². The minimum absolute atomic E-state index is 0.506. The van der Waals surface area contributed by atoms with Gasteiger partial charge in [-0.2, -0.15) is 0 Å². The molecule has 0 bridgehead atoms. The SMILES string of the molecule is CC(C)c1ccccc1N/C=C/Nc1ccccc1C(C)C. The maximum absolute atomic E-state index is 3.37. The summed E-state index contributed by atoms with van der Waals surface area (Å²) in [7, 11) is 0. The predicted octanol–water partition coefficient (Wildman–Crippen LogP) is 5.93. The smallest absolute Gasteiger partial charge is 0.0415 e. The van der Waals surface area contributed by atoms with Crippen molar-refractivity contribution in [1.82, 2.24) is 0 Å². The van der Waals surface area contributed by atoms with Gasteiger partial charge in [-0.1, -0.05) is 64.1 Å². The molecule has 0 aliphatic heterocycles. The average Bonchev–Trinajstić information content (AvgIpc) is 2.52. The van der Waals surface area contributed by atoms with Crippen LogP contribution in [0, 0.1) is 0 Å². The summed E-state index contributed by atoms with van der Waals surface area (Å²) in [5.74, 6) is 1.01. The van der Waals surface area contributed by atoms with Crippen LogP contribution in [0.1, 0.15) is 50.7 Å². The van der Waals surface area contributed by atoms with Crippen LogP contribution in [0.15, 0.2) is 60.9 Å². The van der Waals surface area contributed by atoms with Gasteiger partial charge in [0.2, 0.25) is 0 Å². The topological polar surface area (TPSA) is 24.1 Å².